The van der Waals surface area contributed by atoms with Crippen LogP contribution in [-0.4, -0.2) is 18.4 Å². The molecule has 1 aliphatic carbocycles. The summed E-state index contributed by atoms with van der Waals surface area (Å²) in [6.07, 6.45) is 4.76. The molecule has 0 aliphatic heterocycles. The fourth-order valence-electron chi connectivity index (χ4n) is 1.19. The molecular formula is C9H12O3. The Morgan fingerprint density at radius 2 is 2.50 bits per heavy atom. The van der Waals surface area contributed by atoms with Crippen LogP contribution in [0.3, 0.4) is 0 Å². The smallest absolute Gasteiger partial charge is 0.302 e. The molecule has 0 heterocycles. The van der Waals surface area contributed by atoms with Crippen molar-refractivity contribution in [1.82, 2.24) is 0 Å². The number of esters is 1. The van der Waals surface area contributed by atoms with Crippen LogP contribution < -0.4 is 0 Å². The van der Waals surface area contributed by atoms with E-state index in [1.54, 1.807) is 6.08 Å². The van der Waals surface area contributed by atoms with E-state index in [2.05, 4.69) is 0 Å². The Bertz CT molecular complexity index is 218. The average molecular weight is 168 g/mol. The minimum absolute atomic E-state index is 0.124. The first-order valence-electron chi connectivity index (χ1n) is 4.01. The Labute approximate surface area is 71.4 Å². The molecule has 0 saturated heterocycles. The molecule has 0 aromatic carbocycles. The van der Waals surface area contributed by atoms with E-state index in [0.717, 1.165) is 6.42 Å². The Balaban J connectivity index is 2.30. The van der Waals surface area contributed by atoms with Crippen molar-refractivity contribution in [2.45, 2.75) is 19.8 Å². The predicted molar refractivity (Wildman–Crippen MR) is 43.5 cm³/mol. The summed E-state index contributed by atoms with van der Waals surface area (Å²) in [5.74, 6) is 0.0294. The molecule has 0 fully saturated rings. The summed E-state index contributed by atoms with van der Waals surface area (Å²) in [6, 6.07) is 0. The van der Waals surface area contributed by atoms with Gasteiger partial charge in [-0.25, -0.2) is 0 Å². The highest BCUT2D eigenvalue weighted by Crippen LogP contribution is 2.15. The zero-order chi connectivity index (χ0) is 8.97. The number of rotatable bonds is 2. The molecule has 1 aliphatic rings. The first-order valence-corrected chi connectivity index (χ1v) is 4.01. The fourth-order valence-corrected chi connectivity index (χ4v) is 1.19. The molecule has 3 heteroatoms. The van der Waals surface area contributed by atoms with Crippen LogP contribution >= 0.6 is 0 Å². The van der Waals surface area contributed by atoms with Crippen molar-refractivity contribution >= 4 is 11.8 Å². The van der Waals surface area contributed by atoms with E-state index in [1.807, 2.05) is 6.08 Å². The van der Waals surface area contributed by atoms with Crippen molar-refractivity contribution in [3.05, 3.63) is 12.2 Å². The van der Waals surface area contributed by atoms with E-state index >= 15 is 0 Å². The number of allylic oxidation sites excluding steroid dienone is 2. The van der Waals surface area contributed by atoms with Crippen LogP contribution in [0.2, 0.25) is 0 Å². The number of ether oxygens (including phenoxy) is 1. The Hall–Kier alpha value is -1.12. The highest BCUT2D eigenvalue weighted by Gasteiger charge is 2.15. The van der Waals surface area contributed by atoms with E-state index in [9.17, 15) is 9.59 Å². The summed E-state index contributed by atoms with van der Waals surface area (Å²) in [6.45, 7) is 1.74. The van der Waals surface area contributed by atoms with Gasteiger partial charge < -0.3 is 4.74 Å². The van der Waals surface area contributed by atoms with Crippen LogP contribution in [0.15, 0.2) is 12.2 Å². The quantitative estimate of drug-likeness (QED) is 0.579. The molecule has 12 heavy (non-hydrogen) atoms. The van der Waals surface area contributed by atoms with E-state index in [-0.39, 0.29) is 17.7 Å². The van der Waals surface area contributed by atoms with Gasteiger partial charge >= 0.3 is 5.97 Å². The van der Waals surface area contributed by atoms with Crippen LogP contribution in [0, 0.1) is 5.92 Å². The summed E-state index contributed by atoms with van der Waals surface area (Å²) < 4.78 is 4.80. The number of ketones is 1. The SMILES string of the molecule is CC(=O)OC[C@@H]1CC=CC(=O)C1. The molecule has 0 N–H and O–H groups in total. The van der Waals surface area contributed by atoms with Crippen molar-refractivity contribution < 1.29 is 14.3 Å². The molecule has 1 rings (SSSR count). The van der Waals surface area contributed by atoms with Gasteiger partial charge in [0.05, 0.1) is 6.61 Å². The van der Waals surface area contributed by atoms with E-state index in [4.69, 9.17) is 4.74 Å². The lowest BCUT2D eigenvalue weighted by Crippen LogP contribution is -2.17. The Morgan fingerprint density at radius 1 is 1.75 bits per heavy atom. The van der Waals surface area contributed by atoms with Crippen LogP contribution in [-0.2, 0) is 14.3 Å². The summed E-state index contributed by atoms with van der Waals surface area (Å²) in [5, 5.41) is 0. The molecular weight excluding hydrogens is 156 g/mol. The second kappa shape index (κ2) is 4.04. The summed E-state index contributed by atoms with van der Waals surface area (Å²) >= 11 is 0. The highest BCUT2D eigenvalue weighted by molar-refractivity contribution is 5.90. The zero-order valence-corrected chi connectivity index (χ0v) is 7.08. The first kappa shape index (κ1) is 8.97. The fraction of sp³-hybridized carbons (Fsp3) is 0.556. The Kier molecular flexibility index (Phi) is 3.02. The van der Waals surface area contributed by atoms with Crippen LogP contribution in [0.1, 0.15) is 19.8 Å². The molecule has 0 saturated carbocycles. The van der Waals surface area contributed by atoms with Gasteiger partial charge in [-0.3, -0.25) is 9.59 Å². The maximum atomic E-state index is 10.9. The molecule has 0 aromatic heterocycles. The number of carbonyl (C=O) groups excluding carboxylic acids is 2. The van der Waals surface area contributed by atoms with Gasteiger partial charge in [-0.15, -0.1) is 0 Å². The molecule has 0 radical (unpaired) electrons. The first-order chi connectivity index (χ1) is 5.68. The van der Waals surface area contributed by atoms with Gasteiger partial charge in [0, 0.05) is 19.3 Å². The third-order valence-corrected chi connectivity index (χ3v) is 1.79. The normalized spacial score (nSPS) is 22.4. The Morgan fingerprint density at radius 3 is 3.08 bits per heavy atom. The summed E-state index contributed by atoms with van der Waals surface area (Å²) in [4.78, 5) is 21.3. The third kappa shape index (κ3) is 2.86. The molecule has 0 amide bonds. The van der Waals surface area contributed by atoms with E-state index in [1.165, 1.54) is 6.92 Å². The lowest BCUT2D eigenvalue weighted by atomic mass is 9.94. The maximum Gasteiger partial charge on any atom is 0.302 e. The van der Waals surface area contributed by atoms with Crippen LogP contribution in [0.5, 0.6) is 0 Å². The maximum absolute atomic E-state index is 10.9. The predicted octanol–water partition coefficient (Wildman–Crippen LogP) is 1.08. The molecule has 0 bridgehead atoms. The van der Waals surface area contributed by atoms with E-state index in [0.29, 0.717) is 13.0 Å². The molecule has 66 valence electrons. The molecule has 0 aromatic rings. The van der Waals surface area contributed by atoms with Crippen LogP contribution in [0.4, 0.5) is 0 Å². The average Bonchev–Trinajstić information content (AvgIpc) is 2.01. The largest absolute Gasteiger partial charge is 0.466 e. The molecule has 0 spiro atoms. The van der Waals surface area contributed by atoms with Gasteiger partial charge in [-0.05, 0) is 12.5 Å². The minimum Gasteiger partial charge on any atom is -0.466 e. The monoisotopic (exact) mass is 168 g/mol. The second-order valence-electron chi connectivity index (χ2n) is 2.98. The molecule has 3 nitrogen and oxygen atoms in total. The van der Waals surface area contributed by atoms with Crippen molar-refractivity contribution in [1.29, 1.82) is 0 Å². The molecule has 1 atom stereocenters. The zero-order valence-electron chi connectivity index (χ0n) is 7.08. The van der Waals surface area contributed by atoms with Crippen molar-refractivity contribution in [2.24, 2.45) is 5.92 Å². The van der Waals surface area contributed by atoms with E-state index < -0.39 is 0 Å². The van der Waals surface area contributed by atoms with Gasteiger partial charge in [0.2, 0.25) is 0 Å². The van der Waals surface area contributed by atoms with Gasteiger partial charge in [-0.2, -0.15) is 0 Å². The van der Waals surface area contributed by atoms with Crippen LogP contribution in [0.25, 0.3) is 0 Å². The van der Waals surface area contributed by atoms with Gasteiger partial charge in [0.15, 0.2) is 5.78 Å². The van der Waals surface area contributed by atoms with Gasteiger partial charge in [0.25, 0.3) is 0 Å². The topological polar surface area (TPSA) is 43.4 Å². The standard InChI is InChI=1S/C9H12O3/c1-7(10)12-6-8-3-2-4-9(11)5-8/h2,4,8H,3,5-6H2,1H3/t8-/m1/s1. The third-order valence-electron chi connectivity index (χ3n) is 1.79. The van der Waals surface area contributed by atoms with Crippen molar-refractivity contribution in [3.8, 4) is 0 Å². The minimum atomic E-state index is -0.281. The number of hydrogen-bond acceptors (Lipinski definition) is 3. The molecule has 0 unspecified atom stereocenters. The highest BCUT2D eigenvalue weighted by atomic mass is 16.5. The summed E-state index contributed by atoms with van der Waals surface area (Å²) in [7, 11) is 0. The van der Waals surface area contributed by atoms with Gasteiger partial charge in [0.1, 0.15) is 0 Å². The van der Waals surface area contributed by atoms with Crippen molar-refractivity contribution in [2.75, 3.05) is 6.61 Å². The lowest BCUT2D eigenvalue weighted by molar-refractivity contribution is -0.143. The lowest BCUT2D eigenvalue weighted by Gasteiger charge is -2.15. The number of carbonyl (C=O) groups is 2. The second-order valence-corrected chi connectivity index (χ2v) is 2.98. The number of hydrogen-bond donors (Lipinski definition) is 0. The summed E-state index contributed by atoms with van der Waals surface area (Å²) in [5.41, 5.74) is 0. The van der Waals surface area contributed by atoms with Crippen molar-refractivity contribution in [3.63, 3.8) is 0 Å². The van der Waals surface area contributed by atoms with Gasteiger partial charge in [-0.1, -0.05) is 6.08 Å².